The summed E-state index contributed by atoms with van der Waals surface area (Å²) in [6, 6.07) is 8.00. The highest BCUT2D eigenvalue weighted by atomic mass is 19.1. The predicted octanol–water partition coefficient (Wildman–Crippen LogP) is 6.50. The van der Waals surface area contributed by atoms with E-state index in [4.69, 9.17) is 14.9 Å². The van der Waals surface area contributed by atoms with Crippen LogP contribution in [-0.2, 0) is 24.1 Å². The maximum atomic E-state index is 14.8. The lowest BCUT2D eigenvalue weighted by molar-refractivity contribution is -0.107. The molecule has 43 heavy (non-hydrogen) atoms. The molecule has 2 N–H and O–H groups in total. The first-order valence-corrected chi connectivity index (χ1v) is 14.4. The molecule has 0 saturated carbocycles. The lowest BCUT2D eigenvalue weighted by Gasteiger charge is -2.25. The number of aliphatic hydroxyl groups excluding tert-OH is 1. The van der Waals surface area contributed by atoms with Crippen molar-refractivity contribution in [1.29, 1.82) is 0 Å². The number of aldehydes is 2. The van der Waals surface area contributed by atoms with Crippen LogP contribution < -0.4 is 9.64 Å². The van der Waals surface area contributed by atoms with Gasteiger partial charge in [-0.1, -0.05) is 0 Å². The fourth-order valence-electron chi connectivity index (χ4n) is 5.30. The number of aryl methyl sites for hydroxylation is 2. The molecule has 6 nitrogen and oxygen atoms in total. The van der Waals surface area contributed by atoms with Gasteiger partial charge in [0.15, 0.2) is 11.6 Å². The lowest BCUT2D eigenvalue weighted by atomic mass is 9.84. The molecule has 3 aromatic rings. The summed E-state index contributed by atoms with van der Waals surface area (Å²) in [5, 5.41) is 15.5. The first-order chi connectivity index (χ1) is 20.2. The van der Waals surface area contributed by atoms with Gasteiger partial charge in [0, 0.05) is 43.9 Å². The molecule has 0 fully saturated rings. The monoisotopic (exact) mass is 597 g/mol. The molecule has 234 valence electrons. The Hall–Kier alpha value is -3.62. The molecule has 0 aromatic heterocycles. The molecule has 0 bridgehead atoms. The summed E-state index contributed by atoms with van der Waals surface area (Å²) < 4.78 is 32.9. The number of benzene rings is 3. The van der Waals surface area contributed by atoms with Crippen LogP contribution in [0.2, 0.25) is 0 Å². The van der Waals surface area contributed by atoms with Crippen LogP contribution in [0.25, 0.3) is 11.1 Å². The third kappa shape index (κ3) is 9.43. The SMILES string of the molecule is CC(C)(C)O.CO.Cc1cc(F)cc(C=O)c1.Cc1cc2c(c(-c3cc(F)c4c(c3C)CCCO4)c1CC=O)CCN2C. The fourth-order valence-corrected chi connectivity index (χ4v) is 5.30. The van der Waals surface area contributed by atoms with Gasteiger partial charge in [0.25, 0.3) is 0 Å². The predicted molar refractivity (Wildman–Crippen MR) is 169 cm³/mol. The van der Waals surface area contributed by atoms with Crippen molar-refractivity contribution in [1.82, 2.24) is 0 Å². The molecule has 0 atom stereocenters. The number of halogens is 2. The summed E-state index contributed by atoms with van der Waals surface area (Å²) in [6.07, 6.45) is 4.60. The van der Waals surface area contributed by atoms with Crippen LogP contribution in [0.5, 0.6) is 5.75 Å². The van der Waals surface area contributed by atoms with Crippen molar-refractivity contribution in [3.63, 3.8) is 0 Å². The van der Waals surface area contributed by atoms with Crippen LogP contribution >= 0.6 is 0 Å². The number of hydrogen-bond acceptors (Lipinski definition) is 6. The van der Waals surface area contributed by atoms with Crippen LogP contribution in [0.3, 0.4) is 0 Å². The van der Waals surface area contributed by atoms with Crippen molar-refractivity contribution in [3.8, 4) is 16.9 Å². The zero-order chi connectivity index (χ0) is 32.5. The van der Waals surface area contributed by atoms with Gasteiger partial charge in [-0.25, -0.2) is 8.78 Å². The zero-order valence-corrected chi connectivity index (χ0v) is 26.6. The summed E-state index contributed by atoms with van der Waals surface area (Å²) in [5.41, 5.74) is 9.22. The highest BCUT2D eigenvalue weighted by Gasteiger charge is 2.28. The second-order valence-electron chi connectivity index (χ2n) is 11.7. The van der Waals surface area contributed by atoms with Gasteiger partial charge in [0.2, 0.25) is 0 Å². The highest BCUT2D eigenvalue weighted by molar-refractivity contribution is 5.85. The Bertz CT molecular complexity index is 1400. The molecule has 8 heteroatoms. The van der Waals surface area contributed by atoms with Crippen molar-refractivity contribution in [2.75, 3.05) is 32.2 Å². The van der Waals surface area contributed by atoms with Gasteiger partial charge in [-0.3, -0.25) is 4.79 Å². The molecule has 0 aliphatic carbocycles. The van der Waals surface area contributed by atoms with Crippen molar-refractivity contribution < 1.29 is 33.3 Å². The highest BCUT2D eigenvalue weighted by Crippen LogP contribution is 2.44. The molecular weight excluding hydrogens is 552 g/mol. The lowest BCUT2D eigenvalue weighted by Crippen LogP contribution is -2.13. The molecule has 2 heterocycles. The van der Waals surface area contributed by atoms with E-state index < -0.39 is 5.60 Å². The van der Waals surface area contributed by atoms with Crippen molar-refractivity contribution in [2.24, 2.45) is 0 Å². The molecule has 3 aromatic carbocycles. The van der Waals surface area contributed by atoms with E-state index in [0.29, 0.717) is 30.6 Å². The summed E-state index contributed by atoms with van der Waals surface area (Å²) in [4.78, 5) is 23.7. The van der Waals surface area contributed by atoms with Crippen LogP contribution in [0.15, 0.2) is 30.3 Å². The van der Waals surface area contributed by atoms with Gasteiger partial charge in [-0.2, -0.15) is 0 Å². The van der Waals surface area contributed by atoms with E-state index in [1.807, 2.05) is 6.92 Å². The summed E-state index contributed by atoms with van der Waals surface area (Å²) >= 11 is 0. The average Bonchev–Trinajstić information content (AvgIpc) is 3.31. The molecule has 2 aliphatic rings. The van der Waals surface area contributed by atoms with E-state index in [1.165, 1.54) is 23.4 Å². The average molecular weight is 598 g/mol. The Kier molecular flexibility index (Phi) is 13.0. The van der Waals surface area contributed by atoms with Gasteiger partial charge >= 0.3 is 0 Å². The van der Waals surface area contributed by atoms with E-state index in [1.54, 1.807) is 39.8 Å². The number of fused-ring (bicyclic) bond motifs is 2. The number of aliphatic hydroxyl groups is 2. The minimum Gasteiger partial charge on any atom is -0.490 e. The van der Waals surface area contributed by atoms with Crippen LogP contribution in [0.4, 0.5) is 14.5 Å². The Morgan fingerprint density at radius 3 is 2.21 bits per heavy atom. The van der Waals surface area contributed by atoms with E-state index in [0.717, 1.165) is 78.1 Å². The first kappa shape index (κ1) is 35.6. The van der Waals surface area contributed by atoms with Crippen LogP contribution in [-0.4, -0.2) is 55.7 Å². The molecule has 5 rings (SSSR count). The summed E-state index contributed by atoms with van der Waals surface area (Å²) in [6.45, 7) is 12.6. The number of carbonyl (C=O) groups excluding carboxylic acids is 2. The number of carbonyl (C=O) groups is 2. The normalized spacial score (nSPS) is 13.1. The van der Waals surface area contributed by atoms with Crippen molar-refractivity contribution >= 4 is 18.3 Å². The van der Waals surface area contributed by atoms with Crippen molar-refractivity contribution in [2.45, 2.75) is 72.8 Å². The molecule has 0 spiro atoms. The minimum absolute atomic E-state index is 0.293. The molecule has 0 saturated heterocycles. The van der Waals surface area contributed by atoms with Crippen molar-refractivity contribution in [3.05, 3.63) is 80.9 Å². The quantitative estimate of drug-likeness (QED) is 0.334. The van der Waals surface area contributed by atoms with E-state index in [9.17, 15) is 18.4 Å². The fraction of sp³-hybridized carbons (Fsp3) is 0.429. The first-order valence-electron chi connectivity index (χ1n) is 14.4. The Morgan fingerprint density at radius 2 is 1.63 bits per heavy atom. The molecule has 2 aliphatic heterocycles. The molecule has 0 amide bonds. The topological polar surface area (TPSA) is 87.1 Å². The van der Waals surface area contributed by atoms with Gasteiger partial charge in [-0.05, 0) is 130 Å². The Labute approximate surface area is 254 Å². The number of nitrogens with zero attached hydrogens (tertiary/aromatic N) is 1. The van der Waals surface area contributed by atoms with E-state index in [2.05, 4.69) is 24.9 Å². The summed E-state index contributed by atoms with van der Waals surface area (Å²) in [7, 11) is 3.09. The van der Waals surface area contributed by atoms with Gasteiger partial charge in [-0.15, -0.1) is 0 Å². The van der Waals surface area contributed by atoms with Crippen LogP contribution in [0, 0.1) is 32.4 Å². The summed E-state index contributed by atoms with van der Waals surface area (Å²) in [5.74, 6) is -0.239. The second-order valence-corrected chi connectivity index (χ2v) is 11.7. The number of hydrogen-bond donors (Lipinski definition) is 2. The standard InChI is InChI=1S/C22H24FNO2.C8H7FO.C4H10O.CH4O/c1-13-11-20-17(6-8-24(20)3)21(15(13)7-9-25)18-12-19(23)22-16(14(18)2)5-4-10-26-22;1-6-2-7(5-10)4-8(9)3-6;1-4(2,3)5;1-2/h9,11-12H,4-8,10H2,1-3H3;2-5H,1H3;5H,1-3H3;2H,1H3. The largest absolute Gasteiger partial charge is 0.490 e. The molecular formula is C35H45F2NO5. The molecule has 0 unspecified atom stereocenters. The third-order valence-electron chi connectivity index (χ3n) is 7.04. The van der Waals surface area contributed by atoms with Crippen LogP contribution in [0.1, 0.15) is 70.9 Å². The maximum absolute atomic E-state index is 14.8. The number of rotatable bonds is 4. The second kappa shape index (κ2) is 15.7. The number of anilines is 1. The van der Waals surface area contributed by atoms with E-state index in [-0.39, 0.29) is 11.6 Å². The van der Waals surface area contributed by atoms with Gasteiger partial charge < -0.3 is 24.6 Å². The zero-order valence-electron chi connectivity index (χ0n) is 26.6. The number of likely N-dealkylation sites (N-methyl/N-ethyl adjacent to an activating group) is 1. The number of ether oxygens (including phenoxy) is 1. The Morgan fingerprint density at radius 1 is 0.977 bits per heavy atom. The smallest absolute Gasteiger partial charge is 0.165 e. The van der Waals surface area contributed by atoms with E-state index >= 15 is 0 Å². The van der Waals surface area contributed by atoms with Gasteiger partial charge in [0.05, 0.1) is 12.2 Å². The maximum Gasteiger partial charge on any atom is 0.165 e. The Balaban J connectivity index is 0.000000314. The molecule has 0 radical (unpaired) electrons. The third-order valence-corrected chi connectivity index (χ3v) is 7.04. The van der Waals surface area contributed by atoms with Gasteiger partial charge in [0.1, 0.15) is 18.4 Å². The minimum atomic E-state index is -0.500.